The molecule has 2 aliphatic heterocycles. The number of nitrogens with zero attached hydrogens (tertiary/aromatic N) is 2. The van der Waals surface area contributed by atoms with Crippen molar-refractivity contribution in [2.75, 3.05) is 45.9 Å². The second-order valence-electron chi connectivity index (χ2n) is 5.92. The SMILES string of the molecule is CC(C)C(CNS(=O)(=O)N1CCCC1)N1CCOCC1. The maximum atomic E-state index is 12.2. The molecule has 0 saturated carbocycles. The Morgan fingerprint density at radius 1 is 1.10 bits per heavy atom. The van der Waals surface area contributed by atoms with Crippen molar-refractivity contribution in [2.45, 2.75) is 32.7 Å². The molecule has 0 radical (unpaired) electrons. The molecule has 7 heteroatoms. The van der Waals surface area contributed by atoms with E-state index in [1.165, 1.54) is 0 Å². The molecule has 6 nitrogen and oxygen atoms in total. The lowest BCUT2D eigenvalue weighted by atomic mass is 10.0. The zero-order chi connectivity index (χ0) is 14.6. The first-order valence-corrected chi connectivity index (χ1v) is 9.01. The fourth-order valence-electron chi connectivity index (χ4n) is 2.91. The van der Waals surface area contributed by atoms with Crippen LogP contribution in [0.15, 0.2) is 0 Å². The molecule has 0 spiro atoms. The monoisotopic (exact) mass is 305 g/mol. The highest BCUT2D eigenvalue weighted by Gasteiger charge is 2.29. The summed E-state index contributed by atoms with van der Waals surface area (Å²) in [5.74, 6) is 0.411. The quantitative estimate of drug-likeness (QED) is 0.765. The van der Waals surface area contributed by atoms with Gasteiger partial charge in [-0.15, -0.1) is 0 Å². The number of ether oxygens (including phenoxy) is 1. The normalized spacial score (nSPS) is 24.4. The summed E-state index contributed by atoms with van der Waals surface area (Å²) < 4.78 is 34.2. The molecule has 2 rings (SSSR count). The maximum absolute atomic E-state index is 12.2. The summed E-state index contributed by atoms with van der Waals surface area (Å²) in [4.78, 5) is 2.33. The minimum absolute atomic E-state index is 0.233. The Morgan fingerprint density at radius 2 is 1.70 bits per heavy atom. The van der Waals surface area contributed by atoms with Crippen molar-refractivity contribution < 1.29 is 13.2 Å². The van der Waals surface area contributed by atoms with Crippen molar-refractivity contribution >= 4 is 10.2 Å². The standard InChI is InChI=1S/C13H27N3O3S/c1-12(2)13(15-7-9-19-10-8-15)11-14-20(17,18)16-5-3-4-6-16/h12-14H,3-11H2,1-2H3. The van der Waals surface area contributed by atoms with Crippen molar-refractivity contribution in [3.63, 3.8) is 0 Å². The molecule has 118 valence electrons. The van der Waals surface area contributed by atoms with Crippen LogP contribution in [0.5, 0.6) is 0 Å². The van der Waals surface area contributed by atoms with E-state index in [4.69, 9.17) is 4.74 Å². The van der Waals surface area contributed by atoms with Crippen molar-refractivity contribution in [1.29, 1.82) is 0 Å². The largest absolute Gasteiger partial charge is 0.379 e. The van der Waals surface area contributed by atoms with Crippen LogP contribution in [-0.2, 0) is 14.9 Å². The van der Waals surface area contributed by atoms with Gasteiger partial charge in [-0.2, -0.15) is 12.7 Å². The fourth-order valence-corrected chi connectivity index (χ4v) is 4.21. The van der Waals surface area contributed by atoms with E-state index in [9.17, 15) is 8.42 Å². The molecule has 0 aromatic carbocycles. The van der Waals surface area contributed by atoms with E-state index in [1.807, 2.05) is 0 Å². The van der Waals surface area contributed by atoms with E-state index >= 15 is 0 Å². The average Bonchev–Trinajstić information content (AvgIpc) is 2.94. The summed E-state index contributed by atoms with van der Waals surface area (Å²) in [6.07, 6.45) is 1.94. The van der Waals surface area contributed by atoms with E-state index in [0.717, 1.165) is 39.1 Å². The zero-order valence-corrected chi connectivity index (χ0v) is 13.4. The van der Waals surface area contributed by atoms with Crippen molar-refractivity contribution in [3.8, 4) is 0 Å². The molecule has 0 bridgehead atoms. The van der Waals surface area contributed by atoms with Crippen molar-refractivity contribution in [3.05, 3.63) is 0 Å². The molecular weight excluding hydrogens is 278 g/mol. The van der Waals surface area contributed by atoms with Gasteiger partial charge in [0.15, 0.2) is 0 Å². The molecule has 1 unspecified atom stereocenters. The van der Waals surface area contributed by atoms with E-state index in [0.29, 0.717) is 25.6 Å². The third kappa shape index (κ3) is 4.14. The molecule has 2 saturated heterocycles. The molecule has 2 fully saturated rings. The van der Waals surface area contributed by atoms with Crippen LogP contribution in [0, 0.1) is 5.92 Å². The van der Waals surface area contributed by atoms with E-state index < -0.39 is 10.2 Å². The first kappa shape index (κ1) is 16.2. The predicted octanol–water partition coefficient (Wildman–Crippen LogP) is 0.273. The Morgan fingerprint density at radius 3 is 2.25 bits per heavy atom. The summed E-state index contributed by atoms with van der Waals surface area (Å²) in [5, 5.41) is 0. The third-order valence-electron chi connectivity index (χ3n) is 4.16. The molecule has 0 aliphatic carbocycles. The van der Waals surface area contributed by atoms with Crippen LogP contribution in [0.3, 0.4) is 0 Å². The Bertz CT molecular complexity index is 388. The van der Waals surface area contributed by atoms with Crippen LogP contribution < -0.4 is 4.72 Å². The Kier molecular flexibility index (Phi) is 5.80. The minimum atomic E-state index is -3.30. The van der Waals surface area contributed by atoms with Gasteiger partial charge in [0.05, 0.1) is 13.2 Å². The summed E-state index contributed by atoms with van der Waals surface area (Å²) in [5.41, 5.74) is 0. The zero-order valence-electron chi connectivity index (χ0n) is 12.5. The Hall–Kier alpha value is -0.210. The number of morpholine rings is 1. The van der Waals surface area contributed by atoms with Crippen LogP contribution in [0.1, 0.15) is 26.7 Å². The number of hydrogen-bond donors (Lipinski definition) is 1. The summed E-state index contributed by atoms with van der Waals surface area (Å²) in [7, 11) is -3.30. The first-order chi connectivity index (χ1) is 9.50. The number of hydrogen-bond acceptors (Lipinski definition) is 4. The molecule has 0 amide bonds. The highest BCUT2D eigenvalue weighted by atomic mass is 32.2. The lowest BCUT2D eigenvalue weighted by Crippen LogP contribution is -2.52. The highest BCUT2D eigenvalue weighted by Crippen LogP contribution is 2.15. The van der Waals surface area contributed by atoms with E-state index in [1.54, 1.807) is 4.31 Å². The van der Waals surface area contributed by atoms with Crippen LogP contribution in [0.25, 0.3) is 0 Å². The molecule has 1 N–H and O–H groups in total. The van der Waals surface area contributed by atoms with Gasteiger partial charge in [0, 0.05) is 38.8 Å². The van der Waals surface area contributed by atoms with Gasteiger partial charge in [0.1, 0.15) is 0 Å². The second kappa shape index (κ2) is 7.17. The molecule has 2 heterocycles. The van der Waals surface area contributed by atoms with Crippen LogP contribution >= 0.6 is 0 Å². The summed E-state index contributed by atoms with van der Waals surface area (Å²) in [6, 6.07) is 0.233. The van der Waals surface area contributed by atoms with Gasteiger partial charge < -0.3 is 4.74 Å². The molecule has 0 aromatic rings. The Labute approximate surface area is 122 Å². The molecule has 20 heavy (non-hydrogen) atoms. The van der Waals surface area contributed by atoms with Crippen LogP contribution in [-0.4, -0.2) is 69.6 Å². The lowest BCUT2D eigenvalue weighted by Gasteiger charge is -2.37. The van der Waals surface area contributed by atoms with Crippen molar-refractivity contribution in [2.24, 2.45) is 5.92 Å². The number of rotatable bonds is 6. The smallest absolute Gasteiger partial charge is 0.279 e. The van der Waals surface area contributed by atoms with Gasteiger partial charge >= 0.3 is 0 Å². The molecule has 0 aromatic heterocycles. The van der Waals surface area contributed by atoms with E-state index in [-0.39, 0.29) is 6.04 Å². The average molecular weight is 305 g/mol. The molecule has 2 aliphatic rings. The maximum Gasteiger partial charge on any atom is 0.279 e. The van der Waals surface area contributed by atoms with Gasteiger partial charge in [-0.3, -0.25) is 4.90 Å². The molecule has 1 atom stereocenters. The third-order valence-corrected chi connectivity index (χ3v) is 5.74. The van der Waals surface area contributed by atoms with Crippen LogP contribution in [0.4, 0.5) is 0 Å². The predicted molar refractivity (Wildman–Crippen MR) is 78.7 cm³/mol. The lowest BCUT2D eigenvalue weighted by molar-refractivity contribution is 0.00769. The summed E-state index contributed by atoms with van der Waals surface area (Å²) >= 11 is 0. The van der Waals surface area contributed by atoms with Gasteiger partial charge in [-0.25, -0.2) is 4.72 Å². The van der Waals surface area contributed by atoms with Crippen molar-refractivity contribution in [1.82, 2.24) is 13.9 Å². The van der Waals surface area contributed by atoms with Gasteiger partial charge in [0.2, 0.25) is 0 Å². The van der Waals surface area contributed by atoms with Gasteiger partial charge in [-0.05, 0) is 18.8 Å². The topological polar surface area (TPSA) is 61.9 Å². The minimum Gasteiger partial charge on any atom is -0.379 e. The number of nitrogens with one attached hydrogen (secondary N) is 1. The van der Waals surface area contributed by atoms with Gasteiger partial charge in [-0.1, -0.05) is 13.8 Å². The van der Waals surface area contributed by atoms with E-state index in [2.05, 4.69) is 23.5 Å². The Balaban J connectivity index is 1.91. The second-order valence-corrected chi connectivity index (χ2v) is 7.67. The van der Waals surface area contributed by atoms with Crippen LogP contribution in [0.2, 0.25) is 0 Å². The first-order valence-electron chi connectivity index (χ1n) is 7.57. The fraction of sp³-hybridized carbons (Fsp3) is 1.00. The summed E-state index contributed by atoms with van der Waals surface area (Å²) in [6.45, 7) is 9.32. The molecular formula is C13H27N3O3S. The van der Waals surface area contributed by atoms with Gasteiger partial charge in [0.25, 0.3) is 10.2 Å². The highest BCUT2D eigenvalue weighted by molar-refractivity contribution is 7.87.